The standard InChI is InChI=1S/C21H17BrN2O4S/c1-14(25)15-4-2-6-19(12-15)24-29(27,28)20-7-3-5-16(13-20)21(26)23-18-10-8-17(22)9-11-18/h2-13,24H,1H3,(H,23,26). The molecule has 0 radical (unpaired) electrons. The molecule has 0 heterocycles. The van der Waals surface area contributed by atoms with Gasteiger partial charge in [-0.1, -0.05) is 34.1 Å². The number of nitrogens with one attached hydrogen (secondary N) is 2. The van der Waals surface area contributed by atoms with E-state index in [2.05, 4.69) is 26.0 Å². The summed E-state index contributed by atoms with van der Waals surface area (Å²) < 4.78 is 28.8. The van der Waals surface area contributed by atoms with E-state index in [1.165, 1.54) is 37.3 Å². The fourth-order valence-corrected chi connectivity index (χ4v) is 3.92. The van der Waals surface area contributed by atoms with Crippen molar-refractivity contribution in [3.63, 3.8) is 0 Å². The van der Waals surface area contributed by atoms with Crippen LogP contribution in [0.25, 0.3) is 0 Å². The number of benzene rings is 3. The first-order valence-electron chi connectivity index (χ1n) is 8.55. The van der Waals surface area contributed by atoms with Crippen molar-refractivity contribution < 1.29 is 18.0 Å². The van der Waals surface area contributed by atoms with Gasteiger partial charge >= 0.3 is 0 Å². The van der Waals surface area contributed by atoms with Gasteiger partial charge in [0, 0.05) is 27.0 Å². The molecule has 148 valence electrons. The second-order valence-corrected chi connectivity index (χ2v) is 8.83. The van der Waals surface area contributed by atoms with Gasteiger partial charge in [-0.3, -0.25) is 14.3 Å². The van der Waals surface area contributed by atoms with Gasteiger partial charge in [-0.05, 0) is 61.5 Å². The zero-order chi connectivity index (χ0) is 21.0. The number of hydrogen-bond donors (Lipinski definition) is 2. The van der Waals surface area contributed by atoms with Crippen LogP contribution in [0.3, 0.4) is 0 Å². The largest absolute Gasteiger partial charge is 0.322 e. The third kappa shape index (κ3) is 5.30. The Kier molecular flexibility index (Phi) is 6.14. The van der Waals surface area contributed by atoms with Gasteiger partial charge in [0.2, 0.25) is 0 Å². The predicted octanol–water partition coefficient (Wildman–Crippen LogP) is 4.70. The zero-order valence-corrected chi connectivity index (χ0v) is 17.7. The molecular weight excluding hydrogens is 456 g/mol. The molecule has 0 unspecified atom stereocenters. The molecule has 3 rings (SSSR count). The maximum Gasteiger partial charge on any atom is 0.261 e. The van der Waals surface area contributed by atoms with E-state index in [0.717, 1.165) is 4.47 Å². The summed E-state index contributed by atoms with van der Waals surface area (Å²) in [6.07, 6.45) is 0. The topological polar surface area (TPSA) is 92.3 Å². The average Bonchev–Trinajstić information content (AvgIpc) is 2.69. The SMILES string of the molecule is CC(=O)c1cccc(NS(=O)(=O)c2cccc(C(=O)Nc3ccc(Br)cc3)c2)c1. The first kappa shape index (κ1) is 20.8. The van der Waals surface area contributed by atoms with Crippen molar-refractivity contribution >= 4 is 49.0 Å². The third-order valence-electron chi connectivity index (χ3n) is 4.03. The third-order valence-corrected chi connectivity index (χ3v) is 5.94. The molecule has 2 N–H and O–H groups in total. The first-order valence-corrected chi connectivity index (χ1v) is 10.8. The maximum absolute atomic E-state index is 12.7. The average molecular weight is 473 g/mol. The molecule has 0 atom stereocenters. The van der Waals surface area contributed by atoms with Gasteiger partial charge in [-0.2, -0.15) is 0 Å². The van der Waals surface area contributed by atoms with Gasteiger partial charge in [0.15, 0.2) is 5.78 Å². The van der Waals surface area contributed by atoms with E-state index >= 15 is 0 Å². The molecule has 29 heavy (non-hydrogen) atoms. The Hall–Kier alpha value is -2.97. The summed E-state index contributed by atoms with van der Waals surface area (Å²) in [5, 5.41) is 2.72. The van der Waals surface area contributed by atoms with Crippen LogP contribution in [0.5, 0.6) is 0 Å². The van der Waals surface area contributed by atoms with E-state index in [9.17, 15) is 18.0 Å². The van der Waals surface area contributed by atoms with Crippen LogP contribution in [0.4, 0.5) is 11.4 Å². The van der Waals surface area contributed by atoms with Crippen molar-refractivity contribution in [1.82, 2.24) is 0 Å². The number of ketones is 1. The predicted molar refractivity (Wildman–Crippen MR) is 116 cm³/mol. The molecule has 3 aromatic rings. The van der Waals surface area contributed by atoms with E-state index in [0.29, 0.717) is 11.3 Å². The van der Waals surface area contributed by atoms with Gasteiger partial charge in [-0.25, -0.2) is 8.42 Å². The molecule has 6 nitrogen and oxygen atoms in total. The number of rotatable bonds is 6. The molecule has 0 aliphatic carbocycles. The monoisotopic (exact) mass is 472 g/mol. The molecular formula is C21H17BrN2O4S. The van der Waals surface area contributed by atoms with E-state index < -0.39 is 15.9 Å². The zero-order valence-electron chi connectivity index (χ0n) is 15.3. The number of anilines is 2. The molecule has 0 aliphatic heterocycles. The minimum atomic E-state index is -3.94. The lowest BCUT2D eigenvalue weighted by Gasteiger charge is -2.10. The highest BCUT2D eigenvalue weighted by Crippen LogP contribution is 2.20. The fraction of sp³-hybridized carbons (Fsp3) is 0.0476. The Morgan fingerprint density at radius 3 is 2.17 bits per heavy atom. The van der Waals surface area contributed by atoms with Gasteiger partial charge in [0.05, 0.1) is 4.90 Å². The van der Waals surface area contributed by atoms with E-state index in [4.69, 9.17) is 0 Å². The summed E-state index contributed by atoms with van der Waals surface area (Å²) in [6.45, 7) is 1.40. The first-order chi connectivity index (χ1) is 13.7. The molecule has 0 spiro atoms. The van der Waals surface area contributed by atoms with Crippen molar-refractivity contribution in [2.75, 3.05) is 10.0 Å². The van der Waals surface area contributed by atoms with Gasteiger partial charge in [0.25, 0.3) is 15.9 Å². The second kappa shape index (κ2) is 8.59. The van der Waals surface area contributed by atoms with Crippen LogP contribution in [-0.2, 0) is 10.0 Å². The van der Waals surface area contributed by atoms with Crippen LogP contribution in [-0.4, -0.2) is 20.1 Å². The summed E-state index contributed by atoms with van der Waals surface area (Å²) in [4.78, 5) is 23.9. The summed E-state index contributed by atoms with van der Waals surface area (Å²) in [7, 11) is -3.94. The molecule has 0 aliphatic rings. The molecule has 3 aromatic carbocycles. The number of halogens is 1. The molecule has 8 heteroatoms. The lowest BCUT2D eigenvalue weighted by Crippen LogP contribution is -2.16. The van der Waals surface area contributed by atoms with E-state index in [1.807, 2.05) is 0 Å². The Labute approximate surface area is 177 Å². The maximum atomic E-state index is 12.7. The number of hydrogen-bond acceptors (Lipinski definition) is 4. The van der Waals surface area contributed by atoms with Crippen LogP contribution in [0.15, 0.2) is 82.2 Å². The molecule has 0 fully saturated rings. The molecule has 0 bridgehead atoms. The number of carbonyl (C=O) groups excluding carboxylic acids is 2. The Bertz CT molecular complexity index is 1180. The highest BCUT2D eigenvalue weighted by atomic mass is 79.9. The summed E-state index contributed by atoms with van der Waals surface area (Å²) in [5.74, 6) is -0.597. The van der Waals surface area contributed by atoms with Crippen LogP contribution >= 0.6 is 15.9 Å². The lowest BCUT2D eigenvalue weighted by atomic mass is 10.1. The van der Waals surface area contributed by atoms with Crippen LogP contribution in [0.1, 0.15) is 27.6 Å². The smallest absolute Gasteiger partial charge is 0.261 e. The summed E-state index contributed by atoms with van der Waals surface area (Å²) >= 11 is 3.32. The van der Waals surface area contributed by atoms with Crippen molar-refractivity contribution in [3.05, 3.63) is 88.4 Å². The minimum absolute atomic E-state index is 0.0609. The Morgan fingerprint density at radius 2 is 1.48 bits per heavy atom. The van der Waals surface area contributed by atoms with E-state index in [1.54, 1.807) is 42.5 Å². The number of sulfonamides is 1. The quantitative estimate of drug-likeness (QED) is 0.508. The van der Waals surface area contributed by atoms with Crippen LogP contribution in [0.2, 0.25) is 0 Å². The molecule has 0 saturated heterocycles. The van der Waals surface area contributed by atoms with Crippen molar-refractivity contribution in [2.24, 2.45) is 0 Å². The summed E-state index contributed by atoms with van der Waals surface area (Å²) in [5.41, 5.74) is 1.45. The van der Waals surface area contributed by atoms with Crippen LogP contribution < -0.4 is 10.0 Å². The highest BCUT2D eigenvalue weighted by molar-refractivity contribution is 9.10. The number of carbonyl (C=O) groups is 2. The second-order valence-electron chi connectivity index (χ2n) is 6.23. The number of amides is 1. The highest BCUT2D eigenvalue weighted by Gasteiger charge is 2.17. The van der Waals surface area contributed by atoms with E-state index in [-0.39, 0.29) is 21.9 Å². The Morgan fingerprint density at radius 1 is 0.828 bits per heavy atom. The van der Waals surface area contributed by atoms with Gasteiger partial charge in [-0.15, -0.1) is 0 Å². The minimum Gasteiger partial charge on any atom is -0.322 e. The molecule has 0 aromatic heterocycles. The van der Waals surface area contributed by atoms with Crippen molar-refractivity contribution in [1.29, 1.82) is 0 Å². The molecule has 1 amide bonds. The Balaban J connectivity index is 1.82. The van der Waals surface area contributed by atoms with Gasteiger partial charge in [0.1, 0.15) is 0 Å². The number of Topliss-reactive ketones (excluding diaryl/α,β-unsaturated/α-hetero) is 1. The lowest BCUT2D eigenvalue weighted by molar-refractivity contribution is 0.101. The van der Waals surface area contributed by atoms with Crippen molar-refractivity contribution in [2.45, 2.75) is 11.8 Å². The molecule has 0 saturated carbocycles. The van der Waals surface area contributed by atoms with Crippen molar-refractivity contribution in [3.8, 4) is 0 Å². The summed E-state index contributed by atoms with van der Waals surface area (Å²) in [6, 6.07) is 19.0. The van der Waals surface area contributed by atoms with Crippen LogP contribution in [0, 0.1) is 0 Å². The fourth-order valence-electron chi connectivity index (χ4n) is 2.56. The van der Waals surface area contributed by atoms with Gasteiger partial charge < -0.3 is 5.32 Å². The normalized spacial score (nSPS) is 11.0.